The minimum atomic E-state index is -0.854. The first-order valence-corrected chi connectivity index (χ1v) is 11.2. The molecule has 0 atom stereocenters. The Hall–Kier alpha value is -3.19. The molecule has 0 radical (unpaired) electrons. The van der Waals surface area contributed by atoms with Gasteiger partial charge in [0.15, 0.2) is 6.61 Å². The van der Waals surface area contributed by atoms with Crippen LogP contribution in [0.2, 0.25) is 0 Å². The van der Waals surface area contributed by atoms with Crippen LogP contribution < -0.4 is 4.74 Å². The highest BCUT2D eigenvalue weighted by Crippen LogP contribution is 2.32. The van der Waals surface area contributed by atoms with Gasteiger partial charge >= 0.3 is 5.97 Å². The van der Waals surface area contributed by atoms with Crippen LogP contribution in [0, 0.1) is 0 Å². The molecule has 2 heterocycles. The minimum Gasteiger partial charge on any atom is -0.483 e. The standard InChI is InChI=1S/C24H24N2O4S/c27-22(26-13-5-6-14-26)16-30-20-9-3-1-7-17(20)15-18(11-12-23(28)29)24-25-19-8-2-4-10-21(19)31-24/h1-4,7-10,15H,5-6,11-14,16H2,(H,28,29)/b18-15+. The highest BCUT2D eigenvalue weighted by atomic mass is 32.1. The van der Waals surface area contributed by atoms with Gasteiger partial charge in [0.2, 0.25) is 0 Å². The second-order valence-corrected chi connectivity index (χ2v) is 8.50. The summed E-state index contributed by atoms with van der Waals surface area (Å²) in [6.45, 7) is 1.58. The topological polar surface area (TPSA) is 79.7 Å². The van der Waals surface area contributed by atoms with Crippen molar-refractivity contribution in [3.05, 3.63) is 59.1 Å². The number of aromatic nitrogens is 1. The van der Waals surface area contributed by atoms with E-state index in [4.69, 9.17) is 9.72 Å². The predicted molar refractivity (Wildman–Crippen MR) is 122 cm³/mol. The SMILES string of the molecule is O=C(O)CC/C(=C\c1ccccc1OCC(=O)N1CCCC1)c1nc2ccccc2s1. The van der Waals surface area contributed by atoms with Gasteiger partial charge in [-0.1, -0.05) is 30.3 Å². The lowest BCUT2D eigenvalue weighted by atomic mass is 10.1. The van der Waals surface area contributed by atoms with Crippen molar-refractivity contribution in [3.63, 3.8) is 0 Å². The lowest BCUT2D eigenvalue weighted by Crippen LogP contribution is -2.32. The molecule has 1 aliphatic rings. The number of hydrogen-bond acceptors (Lipinski definition) is 5. The second-order valence-electron chi connectivity index (χ2n) is 7.46. The van der Waals surface area contributed by atoms with E-state index in [1.807, 2.05) is 59.5 Å². The Balaban J connectivity index is 1.60. The maximum absolute atomic E-state index is 12.4. The Bertz CT molecular complexity index is 1080. The molecular weight excluding hydrogens is 412 g/mol. The van der Waals surface area contributed by atoms with Crippen LogP contribution in [0.3, 0.4) is 0 Å². The van der Waals surface area contributed by atoms with Crippen molar-refractivity contribution in [1.82, 2.24) is 9.88 Å². The second kappa shape index (κ2) is 9.75. The van der Waals surface area contributed by atoms with Crippen LogP contribution in [-0.4, -0.2) is 46.6 Å². The molecule has 1 N–H and O–H groups in total. The Kier molecular flexibility index (Phi) is 6.62. The lowest BCUT2D eigenvalue weighted by Gasteiger charge is -2.16. The van der Waals surface area contributed by atoms with Crippen molar-refractivity contribution in [1.29, 1.82) is 0 Å². The number of amides is 1. The third-order valence-electron chi connectivity index (χ3n) is 5.24. The number of benzene rings is 2. The normalized spacial score (nSPS) is 14.2. The third kappa shape index (κ3) is 5.30. The molecule has 0 aliphatic carbocycles. The van der Waals surface area contributed by atoms with Gasteiger partial charge in [-0.25, -0.2) is 4.98 Å². The quantitative estimate of drug-likeness (QED) is 0.554. The first-order chi connectivity index (χ1) is 15.1. The van der Waals surface area contributed by atoms with Gasteiger partial charge in [-0.2, -0.15) is 0 Å². The van der Waals surface area contributed by atoms with Gasteiger partial charge < -0.3 is 14.7 Å². The molecule has 7 heteroatoms. The summed E-state index contributed by atoms with van der Waals surface area (Å²) in [4.78, 5) is 30.1. The Morgan fingerprint density at radius 1 is 1.06 bits per heavy atom. The predicted octanol–water partition coefficient (Wildman–Crippen LogP) is 4.70. The summed E-state index contributed by atoms with van der Waals surface area (Å²) in [5.41, 5.74) is 2.53. The maximum Gasteiger partial charge on any atom is 0.303 e. The Morgan fingerprint density at radius 2 is 1.81 bits per heavy atom. The van der Waals surface area contributed by atoms with Gasteiger partial charge in [-0.3, -0.25) is 9.59 Å². The molecule has 0 unspecified atom stereocenters. The summed E-state index contributed by atoms with van der Waals surface area (Å²) < 4.78 is 6.92. The van der Waals surface area contributed by atoms with E-state index in [-0.39, 0.29) is 18.9 Å². The smallest absolute Gasteiger partial charge is 0.303 e. The number of carboxylic acid groups (broad SMARTS) is 1. The molecule has 0 spiro atoms. The molecule has 1 aliphatic heterocycles. The van der Waals surface area contributed by atoms with Crippen molar-refractivity contribution in [2.24, 2.45) is 0 Å². The fraction of sp³-hybridized carbons (Fsp3) is 0.292. The first kappa shape index (κ1) is 21.1. The number of carboxylic acids is 1. The van der Waals surface area contributed by atoms with Crippen molar-refractivity contribution in [3.8, 4) is 5.75 Å². The molecule has 0 saturated carbocycles. The van der Waals surface area contributed by atoms with Crippen molar-refractivity contribution < 1.29 is 19.4 Å². The van der Waals surface area contributed by atoms with Crippen LogP contribution in [0.25, 0.3) is 21.9 Å². The number of allylic oxidation sites excluding steroid dienone is 1. The molecule has 3 aromatic rings. The fourth-order valence-corrected chi connectivity index (χ4v) is 4.62. The molecule has 0 bridgehead atoms. The summed E-state index contributed by atoms with van der Waals surface area (Å²) in [5, 5.41) is 10.0. The van der Waals surface area contributed by atoms with Crippen LogP contribution in [0.4, 0.5) is 0 Å². The van der Waals surface area contributed by atoms with Crippen LogP contribution >= 0.6 is 11.3 Å². The van der Waals surface area contributed by atoms with Crippen molar-refractivity contribution in [2.45, 2.75) is 25.7 Å². The highest BCUT2D eigenvalue weighted by molar-refractivity contribution is 7.19. The fourth-order valence-electron chi connectivity index (χ4n) is 3.61. The number of carbonyl (C=O) groups excluding carboxylic acids is 1. The molecule has 1 saturated heterocycles. The van der Waals surface area contributed by atoms with E-state index >= 15 is 0 Å². The monoisotopic (exact) mass is 436 g/mol. The van der Waals surface area contributed by atoms with E-state index in [1.165, 1.54) is 0 Å². The molecule has 6 nitrogen and oxygen atoms in total. The third-order valence-corrected chi connectivity index (χ3v) is 6.35. The maximum atomic E-state index is 12.4. The van der Waals surface area contributed by atoms with Crippen LogP contribution in [0.5, 0.6) is 5.75 Å². The van der Waals surface area contributed by atoms with E-state index in [0.29, 0.717) is 12.2 Å². The average molecular weight is 437 g/mol. The number of carbonyl (C=O) groups is 2. The zero-order valence-electron chi connectivity index (χ0n) is 17.1. The zero-order valence-corrected chi connectivity index (χ0v) is 17.9. The van der Waals surface area contributed by atoms with Gasteiger partial charge in [0.25, 0.3) is 5.91 Å². The number of ether oxygens (including phenoxy) is 1. The van der Waals surface area contributed by atoms with Crippen molar-refractivity contribution in [2.75, 3.05) is 19.7 Å². The number of rotatable bonds is 8. The van der Waals surface area contributed by atoms with Gasteiger partial charge in [0.1, 0.15) is 10.8 Å². The number of thiazole rings is 1. The molecule has 160 valence electrons. The minimum absolute atomic E-state index is 0.00352. The molecule has 1 fully saturated rings. The van der Waals surface area contributed by atoms with E-state index in [0.717, 1.165) is 52.3 Å². The van der Waals surface area contributed by atoms with E-state index < -0.39 is 5.97 Å². The molecule has 1 aromatic heterocycles. The number of hydrogen-bond donors (Lipinski definition) is 1. The Morgan fingerprint density at radius 3 is 2.58 bits per heavy atom. The van der Waals surface area contributed by atoms with Gasteiger partial charge in [0.05, 0.1) is 10.2 Å². The lowest BCUT2D eigenvalue weighted by molar-refractivity contribution is -0.137. The van der Waals surface area contributed by atoms with E-state index in [1.54, 1.807) is 11.3 Å². The Labute approximate surface area is 184 Å². The summed E-state index contributed by atoms with van der Waals surface area (Å²) in [6.07, 6.45) is 4.38. The van der Waals surface area contributed by atoms with Gasteiger partial charge in [0, 0.05) is 25.1 Å². The van der Waals surface area contributed by atoms with Crippen LogP contribution in [0.1, 0.15) is 36.3 Å². The number of likely N-dealkylation sites (tertiary alicyclic amines) is 1. The summed E-state index contributed by atoms with van der Waals surface area (Å²) in [7, 11) is 0. The molecular formula is C24H24N2O4S. The number of fused-ring (bicyclic) bond motifs is 1. The van der Waals surface area contributed by atoms with Gasteiger partial charge in [-0.15, -0.1) is 11.3 Å². The first-order valence-electron chi connectivity index (χ1n) is 10.4. The largest absolute Gasteiger partial charge is 0.483 e. The van der Waals surface area contributed by atoms with Crippen LogP contribution in [0.15, 0.2) is 48.5 Å². The van der Waals surface area contributed by atoms with E-state index in [2.05, 4.69) is 0 Å². The van der Waals surface area contributed by atoms with Gasteiger partial charge in [-0.05, 0) is 49.1 Å². The summed E-state index contributed by atoms with van der Waals surface area (Å²) >= 11 is 1.54. The molecule has 31 heavy (non-hydrogen) atoms. The zero-order chi connectivity index (χ0) is 21.6. The highest BCUT2D eigenvalue weighted by Gasteiger charge is 2.19. The number of aliphatic carboxylic acids is 1. The summed E-state index contributed by atoms with van der Waals surface area (Å²) in [6, 6.07) is 15.4. The van der Waals surface area contributed by atoms with Crippen LogP contribution in [-0.2, 0) is 9.59 Å². The number of nitrogens with zero attached hydrogens (tertiary/aromatic N) is 2. The van der Waals surface area contributed by atoms with Crippen molar-refractivity contribution >= 4 is 45.1 Å². The summed E-state index contributed by atoms with van der Waals surface area (Å²) in [5.74, 6) is -0.259. The molecule has 2 aromatic carbocycles. The molecule has 1 amide bonds. The van der Waals surface area contributed by atoms with E-state index in [9.17, 15) is 14.7 Å². The average Bonchev–Trinajstić information content (AvgIpc) is 3.45. The number of para-hydroxylation sites is 2. The molecule has 4 rings (SSSR count).